The van der Waals surface area contributed by atoms with Crippen LogP contribution in [0.1, 0.15) is 5.56 Å². The number of anilines is 1. The summed E-state index contributed by atoms with van der Waals surface area (Å²) < 4.78 is 1.99. The molecule has 0 bridgehead atoms. The third-order valence-corrected chi connectivity index (χ3v) is 5.00. The molecule has 0 spiro atoms. The van der Waals surface area contributed by atoms with E-state index in [1.807, 2.05) is 28.9 Å². The first kappa shape index (κ1) is 14.6. The molecule has 25 heavy (non-hydrogen) atoms. The summed E-state index contributed by atoms with van der Waals surface area (Å²) in [7, 11) is 0. The lowest BCUT2D eigenvalue weighted by Gasteiger charge is -2.06. The van der Waals surface area contributed by atoms with E-state index >= 15 is 0 Å². The number of halogens is 1. The van der Waals surface area contributed by atoms with Crippen LogP contribution in [0.4, 0.5) is 5.82 Å². The first-order valence-corrected chi connectivity index (χ1v) is 8.78. The van der Waals surface area contributed by atoms with Crippen molar-refractivity contribution >= 4 is 28.2 Å². The van der Waals surface area contributed by atoms with Crippen LogP contribution < -0.4 is 5.32 Å². The van der Waals surface area contributed by atoms with Crippen LogP contribution in [-0.2, 0) is 6.42 Å². The first-order chi connectivity index (χ1) is 12.3. The zero-order valence-corrected chi connectivity index (χ0v) is 14.3. The van der Waals surface area contributed by atoms with E-state index in [0.29, 0.717) is 0 Å². The van der Waals surface area contributed by atoms with Gasteiger partial charge in [-0.25, -0.2) is 4.68 Å². The van der Waals surface area contributed by atoms with Gasteiger partial charge in [0.1, 0.15) is 5.82 Å². The molecule has 1 N–H and O–H groups in total. The van der Waals surface area contributed by atoms with Gasteiger partial charge >= 0.3 is 0 Å². The Morgan fingerprint density at radius 2 is 1.72 bits per heavy atom. The van der Waals surface area contributed by atoms with Crippen LogP contribution in [0.3, 0.4) is 0 Å². The third-order valence-electron chi connectivity index (χ3n) is 4.75. The van der Waals surface area contributed by atoms with Gasteiger partial charge in [-0.15, -0.1) is 0 Å². The van der Waals surface area contributed by atoms with Crippen LogP contribution >= 0.6 is 11.6 Å². The molecule has 2 heterocycles. The van der Waals surface area contributed by atoms with Gasteiger partial charge in [0, 0.05) is 22.7 Å². The summed E-state index contributed by atoms with van der Waals surface area (Å²) in [6.45, 7) is 0.946. The Kier molecular flexibility index (Phi) is 3.28. The Morgan fingerprint density at radius 1 is 0.920 bits per heavy atom. The molecule has 0 saturated heterocycles. The zero-order valence-electron chi connectivity index (χ0n) is 13.5. The molecule has 3 aromatic carbocycles. The van der Waals surface area contributed by atoms with Gasteiger partial charge in [-0.1, -0.05) is 48.0 Å². The predicted molar refractivity (Wildman–Crippen MR) is 104 cm³/mol. The number of aromatic nitrogens is 2. The van der Waals surface area contributed by atoms with E-state index in [1.54, 1.807) is 0 Å². The lowest BCUT2D eigenvalue weighted by molar-refractivity contribution is 0.882. The SMILES string of the molecule is Clc1ccc(-n2nc(-c3ccc4ccccc4c3)c3c2NCC3)cc1. The molecular weight excluding hydrogens is 330 g/mol. The van der Waals surface area contributed by atoms with Gasteiger partial charge in [-0.2, -0.15) is 5.10 Å². The van der Waals surface area contributed by atoms with Crippen LogP contribution in [-0.4, -0.2) is 16.3 Å². The fraction of sp³-hybridized carbons (Fsp3) is 0.0952. The van der Waals surface area contributed by atoms with Gasteiger partial charge in [-0.05, 0) is 47.5 Å². The second kappa shape index (κ2) is 5.64. The van der Waals surface area contributed by atoms with Crippen molar-refractivity contribution in [3.63, 3.8) is 0 Å². The molecule has 0 atom stereocenters. The van der Waals surface area contributed by atoms with Crippen molar-refractivity contribution < 1.29 is 0 Å². The number of rotatable bonds is 2. The molecular formula is C21H16ClN3. The quantitative estimate of drug-likeness (QED) is 0.533. The Labute approximate surface area is 150 Å². The van der Waals surface area contributed by atoms with E-state index in [4.69, 9.17) is 16.7 Å². The minimum atomic E-state index is 0.732. The highest BCUT2D eigenvalue weighted by Crippen LogP contribution is 2.35. The molecule has 0 unspecified atom stereocenters. The Hall–Kier alpha value is -2.78. The topological polar surface area (TPSA) is 29.9 Å². The lowest BCUT2D eigenvalue weighted by Crippen LogP contribution is -2.04. The number of fused-ring (bicyclic) bond motifs is 2. The first-order valence-electron chi connectivity index (χ1n) is 8.40. The van der Waals surface area contributed by atoms with E-state index in [0.717, 1.165) is 40.8 Å². The van der Waals surface area contributed by atoms with E-state index in [9.17, 15) is 0 Å². The monoisotopic (exact) mass is 345 g/mol. The highest BCUT2D eigenvalue weighted by molar-refractivity contribution is 6.30. The van der Waals surface area contributed by atoms with E-state index in [-0.39, 0.29) is 0 Å². The zero-order chi connectivity index (χ0) is 16.8. The van der Waals surface area contributed by atoms with Crippen molar-refractivity contribution in [1.82, 2.24) is 9.78 Å². The normalized spacial score (nSPS) is 13.0. The maximum Gasteiger partial charge on any atom is 0.133 e. The molecule has 5 rings (SSSR count). The number of nitrogens with one attached hydrogen (secondary N) is 1. The number of benzene rings is 3. The molecule has 0 amide bonds. The summed E-state index contributed by atoms with van der Waals surface area (Å²) in [4.78, 5) is 0. The van der Waals surface area contributed by atoms with Crippen molar-refractivity contribution in [3.8, 4) is 16.9 Å². The summed E-state index contributed by atoms with van der Waals surface area (Å²) in [6, 6.07) is 22.8. The average molecular weight is 346 g/mol. The molecule has 3 nitrogen and oxygen atoms in total. The molecule has 1 aliphatic heterocycles. The van der Waals surface area contributed by atoms with Gasteiger partial charge in [0.15, 0.2) is 0 Å². The molecule has 0 aliphatic carbocycles. The maximum absolute atomic E-state index is 6.03. The molecule has 4 heteroatoms. The summed E-state index contributed by atoms with van der Waals surface area (Å²) in [5.74, 6) is 1.09. The summed E-state index contributed by atoms with van der Waals surface area (Å²) in [5, 5.41) is 11.6. The minimum absolute atomic E-state index is 0.732. The maximum atomic E-state index is 6.03. The van der Waals surface area contributed by atoms with Gasteiger partial charge in [-0.3, -0.25) is 0 Å². The van der Waals surface area contributed by atoms with E-state index in [1.165, 1.54) is 16.3 Å². The summed E-state index contributed by atoms with van der Waals surface area (Å²) in [6.07, 6.45) is 0.991. The van der Waals surface area contributed by atoms with Gasteiger partial charge in [0.25, 0.3) is 0 Å². The minimum Gasteiger partial charge on any atom is -0.369 e. The summed E-state index contributed by atoms with van der Waals surface area (Å²) >= 11 is 6.03. The molecule has 122 valence electrons. The lowest BCUT2D eigenvalue weighted by atomic mass is 10.0. The van der Waals surface area contributed by atoms with Crippen molar-refractivity contribution in [1.29, 1.82) is 0 Å². The largest absolute Gasteiger partial charge is 0.369 e. The van der Waals surface area contributed by atoms with Crippen LogP contribution in [0.2, 0.25) is 5.02 Å². The number of hydrogen-bond donors (Lipinski definition) is 1. The Morgan fingerprint density at radius 3 is 2.56 bits per heavy atom. The fourth-order valence-corrected chi connectivity index (χ4v) is 3.64. The Bertz CT molecular complexity index is 1080. The van der Waals surface area contributed by atoms with Crippen LogP contribution in [0.15, 0.2) is 66.7 Å². The predicted octanol–water partition coefficient (Wildman–Crippen LogP) is 5.31. The van der Waals surface area contributed by atoms with E-state index < -0.39 is 0 Å². The summed E-state index contributed by atoms with van der Waals surface area (Å²) in [5.41, 5.74) is 4.51. The van der Waals surface area contributed by atoms with Crippen molar-refractivity contribution in [2.75, 3.05) is 11.9 Å². The van der Waals surface area contributed by atoms with Crippen molar-refractivity contribution in [3.05, 3.63) is 77.3 Å². The van der Waals surface area contributed by atoms with Crippen molar-refractivity contribution in [2.45, 2.75) is 6.42 Å². The van der Waals surface area contributed by atoms with E-state index in [2.05, 4.69) is 47.8 Å². The molecule has 4 aromatic rings. The van der Waals surface area contributed by atoms with Gasteiger partial charge in [0.05, 0.1) is 11.4 Å². The molecule has 1 aliphatic rings. The average Bonchev–Trinajstić information content (AvgIpc) is 3.25. The molecule has 0 fully saturated rings. The van der Waals surface area contributed by atoms with Crippen molar-refractivity contribution in [2.24, 2.45) is 0 Å². The van der Waals surface area contributed by atoms with Crippen LogP contribution in [0, 0.1) is 0 Å². The molecule has 0 saturated carbocycles. The highest BCUT2D eigenvalue weighted by Gasteiger charge is 2.23. The second-order valence-corrected chi connectivity index (χ2v) is 6.74. The number of nitrogens with zero attached hydrogens (tertiary/aromatic N) is 2. The molecule has 1 aromatic heterocycles. The van der Waals surface area contributed by atoms with Crippen LogP contribution in [0.5, 0.6) is 0 Å². The fourth-order valence-electron chi connectivity index (χ4n) is 3.51. The van der Waals surface area contributed by atoms with Gasteiger partial charge < -0.3 is 5.32 Å². The van der Waals surface area contributed by atoms with Gasteiger partial charge in [0.2, 0.25) is 0 Å². The van der Waals surface area contributed by atoms with Crippen LogP contribution in [0.25, 0.3) is 27.7 Å². The standard InChI is InChI=1S/C21H16ClN3/c22-17-7-9-18(10-8-17)25-21-19(11-12-23-21)20(24-25)16-6-5-14-3-1-2-4-15(14)13-16/h1-10,13,23H,11-12H2. The second-order valence-electron chi connectivity index (χ2n) is 6.30. The third kappa shape index (κ3) is 2.39. The smallest absolute Gasteiger partial charge is 0.133 e. The number of hydrogen-bond acceptors (Lipinski definition) is 2. The highest BCUT2D eigenvalue weighted by atomic mass is 35.5. The molecule has 0 radical (unpaired) electrons. The Balaban J connectivity index is 1.68.